The molecule has 0 aromatic rings. The van der Waals surface area contributed by atoms with Gasteiger partial charge in [0.1, 0.15) is 0 Å². The van der Waals surface area contributed by atoms with E-state index < -0.39 is 0 Å². The largest absolute Gasteiger partial charge is 0.311 e. The molecule has 1 nitrogen and oxygen atoms in total. The zero-order chi connectivity index (χ0) is 8.27. The van der Waals surface area contributed by atoms with E-state index in [1.165, 1.54) is 19.3 Å². The fraction of sp³-hybridized carbons (Fsp3) is 1.00. The molecule has 0 spiro atoms. The van der Waals surface area contributed by atoms with Crippen molar-refractivity contribution in [3.63, 3.8) is 0 Å². The molecule has 1 saturated carbocycles. The van der Waals surface area contributed by atoms with E-state index in [-0.39, 0.29) is 0 Å². The van der Waals surface area contributed by atoms with Gasteiger partial charge in [0.15, 0.2) is 0 Å². The highest BCUT2D eigenvalue weighted by Crippen LogP contribution is 2.26. The van der Waals surface area contributed by atoms with Gasteiger partial charge >= 0.3 is 0 Å². The predicted octanol–water partition coefficient (Wildman–Crippen LogP) is 2.39. The molecule has 66 valence electrons. The summed E-state index contributed by atoms with van der Waals surface area (Å²) in [5.74, 6) is 1.55. The fourth-order valence-corrected chi connectivity index (χ4v) is 2.24. The van der Waals surface area contributed by atoms with Gasteiger partial charge in [0.2, 0.25) is 0 Å². The van der Waals surface area contributed by atoms with Crippen LogP contribution in [0.1, 0.15) is 33.1 Å². The summed E-state index contributed by atoms with van der Waals surface area (Å²) in [4.78, 5) is 0. The Morgan fingerprint density at radius 2 is 2.18 bits per heavy atom. The van der Waals surface area contributed by atoms with Crippen molar-refractivity contribution in [3.8, 4) is 0 Å². The van der Waals surface area contributed by atoms with Crippen molar-refractivity contribution in [2.45, 2.75) is 45.2 Å². The van der Waals surface area contributed by atoms with Crippen LogP contribution in [0.4, 0.5) is 0 Å². The molecule has 0 bridgehead atoms. The van der Waals surface area contributed by atoms with Crippen molar-refractivity contribution in [2.24, 2.45) is 5.92 Å². The third kappa shape index (κ3) is 2.64. The van der Waals surface area contributed by atoms with E-state index in [1.807, 2.05) is 0 Å². The van der Waals surface area contributed by atoms with E-state index in [0.717, 1.165) is 11.8 Å². The summed E-state index contributed by atoms with van der Waals surface area (Å²) in [6, 6.07) is 1.29. The Kier molecular flexibility index (Phi) is 3.67. The standard InChI is InChI=1S/C9H18ClN/c1-7(2)11-9-5-3-4-8(9)6-10/h7-9,11H,3-6H2,1-2H3. The summed E-state index contributed by atoms with van der Waals surface area (Å²) in [7, 11) is 0. The molecular weight excluding hydrogens is 158 g/mol. The quantitative estimate of drug-likeness (QED) is 0.650. The predicted molar refractivity (Wildman–Crippen MR) is 50.1 cm³/mol. The average molecular weight is 176 g/mol. The molecule has 2 atom stereocenters. The molecule has 1 aliphatic rings. The monoisotopic (exact) mass is 175 g/mol. The lowest BCUT2D eigenvalue weighted by atomic mass is 10.1. The van der Waals surface area contributed by atoms with Gasteiger partial charge in [-0.2, -0.15) is 0 Å². The first kappa shape index (κ1) is 9.34. The van der Waals surface area contributed by atoms with E-state index in [2.05, 4.69) is 19.2 Å². The molecule has 0 aromatic heterocycles. The first-order valence-corrected chi connectivity index (χ1v) is 5.09. The second kappa shape index (κ2) is 4.32. The summed E-state index contributed by atoms with van der Waals surface area (Å²) in [5, 5.41) is 3.56. The molecule has 2 heteroatoms. The number of hydrogen-bond acceptors (Lipinski definition) is 1. The summed E-state index contributed by atoms with van der Waals surface area (Å²) in [6.45, 7) is 4.40. The second-order valence-electron chi connectivity index (χ2n) is 3.77. The van der Waals surface area contributed by atoms with Crippen LogP contribution in [-0.2, 0) is 0 Å². The van der Waals surface area contributed by atoms with Crippen molar-refractivity contribution in [3.05, 3.63) is 0 Å². The average Bonchev–Trinajstić information content (AvgIpc) is 2.34. The molecule has 0 radical (unpaired) electrons. The molecule has 0 heterocycles. The van der Waals surface area contributed by atoms with Crippen LogP contribution >= 0.6 is 11.6 Å². The Morgan fingerprint density at radius 1 is 1.45 bits per heavy atom. The highest BCUT2D eigenvalue weighted by atomic mass is 35.5. The van der Waals surface area contributed by atoms with Crippen LogP contribution < -0.4 is 5.32 Å². The van der Waals surface area contributed by atoms with Crippen molar-refractivity contribution >= 4 is 11.6 Å². The first-order chi connectivity index (χ1) is 5.24. The SMILES string of the molecule is CC(C)NC1CCCC1CCl. The van der Waals surface area contributed by atoms with Gasteiger partial charge in [-0.15, -0.1) is 11.6 Å². The summed E-state index contributed by atoms with van der Waals surface area (Å²) >= 11 is 5.85. The van der Waals surface area contributed by atoms with E-state index in [1.54, 1.807) is 0 Å². The Balaban J connectivity index is 2.31. The molecule has 1 fully saturated rings. The van der Waals surface area contributed by atoms with Crippen LogP contribution in [0.15, 0.2) is 0 Å². The van der Waals surface area contributed by atoms with Crippen LogP contribution in [0.25, 0.3) is 0 Å². The van der Waals surface area contributed by atoms with Crippen molar-refractivity contribution in [1.82, 2.24) is 5.32 Å². The van der Waals surface area contributed by atoms with E-state index in [4.69, 9.17) is 11.6 Å². The maximum Gasteiger partial charge on any atom is 0.0266 e. The highest BCUT2D eigenvalue weighted by molar-refractivity contribution is 6.18. The molecule has 0 amide bonds. The lowest BCUT2D eigenvalue weighted by molar-refractivity contribution is 0.398. The Bertz CT molecular complexity index is 114. The normalized spacial score (nSPS) is 31.6. The van der Waals surface area contributed by atoms with E-state index in [0.29, 0.717) is 12.1 Å². The minimum Gasteiger partial charge on any atom is -0.311 e. The number of alkyl halides is 1. The number of rotatable bonds is 3. The number of halogens is 1. The van der Waals surface area contributed by atoms with Crippen LogP contribution in [0.2, 0.25) is 0 Å². The lowest BCUT2D eigenvalue weighted by Crippen LogP contribution is -2.37. The second-order valence-corrected chi connectivity index (χ2v) is 4.08. The number of nitrogens with one attached hydrogen (secondary N) is 1. The molecule has 0 aliphatic heterocycles. The number of hydrogen-bond donors (Lipinski definition) is 1. The molecule has 1 N–H and O–H groups in total. The molecular formula is C9H18ClN. The Labute approximate surface area is 74.5 Å². The molecule has 1 aliphatic carbocycles. The van der Waals surface area contributed by atoms with Crippen LogP contribution in [-0.4, -0.2) is 18.0 Å². The zero-order valence-electron chi connectivity index (χ0n) is 7.44. The maximum atomic E-state index is 5.85. The third-order valence-corrected chi connectivity index (χ3v) is 2.80. The molecule has 0 aromatic carbocycles. The topological polar surface area (TPSA) is 12.0 Å². The van der Waals surface area contributed by atoms with Gasteiger partial charge in [-0.05, 0) is 18.8 Å². The molecule has 2 unspecified atom stereocenters. The Hall–Kier alpha value is 0.250. The summed E-state index contributed by atoms with van der Waals surface area (Å²) < 4.78 is 0. The van der Waals surface area contributed by atoms with Crippen molar-refractivity contribution < 1.29 is 0 Å². The van der Waals surface area contributed by atoms with Gasteiger partial charge in [0.05, 0.1) is 0 Å². The van der Waals surface area contributed by atoms with Gasteiger partial charge in [-0.3, -0.25) is 0 Å². The summed E-state index contributed by atoms with van der Waals surface area (Å²) in [6.07, 6.45) is 3.98. The van der Waals surface area contributed by atoms with Gasteiger partial charge in [0.25, 0.3) is 0 Å². The van der Waals surface area contributed by atoms with Crippen molar-refractivity contribution in [1.29, 1.82) is 0 Å². The maximum absolute atomic E-state index is 5.85. The fourth-order valence-electron chi connectivity index (χ4n) is 1.87. The zero-order valence-corrected chi connectivity index (χ0v) is 8.19. The van der Waals surface area contributed by atoms with Crippen LogP contribution in [0.5, 0.6) is 0 Å². The third-order valence-electron chi connectivity index (χ3n) is 2.40. The van der Waals surface area contributed by atoms with Crippen LogP contribution in [0, 0.1) is 5.92 Å². The summed E-state index contributed by atoms with van der Waals surface area (Å²) in [5.41, 5.74) is 0. The van der Waals surface area contributed by atoms with Gasteiger partial charge < -0.3 is 5.32 Å². The van der Waals surface area contributed by atoms with E-state index in [9.17, 15) is 0 Å². The minimum atomic E-state index is 0.601. The minimum absolute atomic E-state index is 0.601. The Morgan fingerprint density at radius 3 is 2.73 bits per heavy atom. The van der Waals surface area contributed by atoms with Gasteiger partial charge in [-0.1, -0.05) is 20.3 Å². The van der Waals surface area contributed by atoms with Crippen molar-refractivity contribution in [2.75, 3.05) is 5.88 Å². The smallest absolute Gasteiger partial charge is 0.0266 e. The lowest BCUT2D eigenvalue weighted by Gasteiger charge is -2.21. The first-order valence-electron chi connectivity index (χ1n) is 4.56. The van der Waals surface area contributed by atoms with Crippen LogP contribution in [0.3, 0.4) is 0 Å². The molecule has 11 heavy (non-hydrogen) atoms. The molecule has 1 rings (SSSR count). The van der Waals surface area contributed by atoms with E-state index >= 15 is 0 Å². The van der Waals surface area contributed by atoms with Gasteiger partial charge in [-0.25, -0.2) is 0 Å². The highest BCUT2D eigenvalue weighted by Gasteiger charge is 2.26. The van der Waals surface area contributed by atoms with Gasteiger partial charge in [0, 0.05) is 18.0 Å². The molecule has 0 saturated heterocycles.